The van der Waals surface area contributed by atoms with E-state index >= 15 is 0 Å². The Labute approximate surface area is 72.9 Å². The second-order valence-corrected chi connectivity index (χ2v) is 2.88. The molecule has 0 saturated heterocycles. The second kappa shape index (κ2) is 4.50. The molecule has 0 aliphatic carbocycles. The number of rotatable bonds is 3. The molecule has 1 heterocycles. The van der Waals surface area contributed by atoms with Crippen LogP contribution in [0.15, 0.2) is 24.5 Å². The number of aromatic nitrogens is 1. The van der Waals surface area contributed by atoms with Gasteiger partial charge >= 0.3 is 0 Å². The van der Waals surface area contributed by atoms with Crippen molar-refractivity contribution in [3.8, 4) is 6.07 Å². The van der Waals surface area contributed by atoms with Gasteiger partial charge in [-0.3, -0.25) is 4.98 Å². The first-order valence-electron chi connectivity index (χ1n) is 4.11. The van der Waals surface area contributed by atoms with Gasteiger partial charge in [-0.1, -0.05) is 13.0 Å². The quantitative estimate of drug-likeness (QED) is 0.681. The van der Waals surface area contributed by atoms with Gasteiger partial charge < -0.3 is 0 Å². The number of nitriles is 1. The van der Waals surface area contributed by atoms with E-state index in [0.29, 0.717) is 12.3 Å². The molecule has 0 radical (unpaired) electrons. The van der Waals surface area contributed by atoms with Crippen molar-refractivity contribution in [1.29, 1.82) is 5.26 Å². The lowest BCUT2D eigenvalue weighted by molar-refractivity contribution is 0.692. The van der Waals surface area contributed by atoms with Crippen LogP contribution in [0.4, 0.5) is 0 Å². The highest BCUT2D eigenvalue weighted by Gasteiger charge is 2.03. The molecule has 0 aliphatic rings. The van der Waals surface area contributed by atoms with E-state index in [4.69, 9.17) is 5.26 Å². The summed E-state index contributed by atoms with van der Waals surface area (Å²) in [6.45, 7) is 2.12. The van der Waals surface area contributed by atoms with E-state index in [0.717, 1.165) is 6.42 Å². The molecule has 0 bridgehead atoms. The summed E-state index contributed by atoms with van der Waals surface area (Å²) in [6, 6.07) is 6.13. The molecule has 2 heteroatoms. The monoisotopic (exact) mass is 160 g/mol. The molecule has 1 unspecified atom stereocenters. The van der Waals surface area contributed by atoms with E-state index < -0.39 is 0 Å². The lowest BCUT2D eigenvalue weighted by Crippen LogP contribution is -1.92. The van der Waals surface area contributed by atoms with Gasteiger partial charge in [0.15, 0.2) is 0 Å². The Morgan fingerprint density at radius 1 is 1.67 bits per heavy atom. The van der Waals surface area contributed by atoms with Crippen molar-refractivity contribution in [1.82, 2.24) is 4.98 Å². The highest BCUT2D eigenvalue weighted by molar-refractivity contribution is 5.13. The standard InChI is InChI=1S/C10H12N2/c1-9(4-2-6-11)10-5-3-7-12-8-10/h3,5,7-9H,2,4H2,1H3. The summed E-state index contributed by atoms with van der Waals surface area (Å²) in [5.74, 6) is 0.443. The highest BCUT2D eigenvalue weighted by atomic mass is 14.6. The minimum absolute atomic E-state index is 0.443. The number of hydrogen-bond donors (Lipinski definition) is 0. The Morgan fingerprint density at radius 2 is 2.50 bits per heavy atom. The molecule has 2 nitrogen and oxygen atoms in total. The third-order valence-corrected chi connectivity index (χ3v) is 1.94. The Morgan fingerprint density at radius 3 is 3.08 bits per heavy atom. The number of hydrogen-bond acceptors (Lipinski definition) is 2. The smallest absolute Gasteiger partial charge is 0.0621 e. The van der Waals surface area contributed by atoms with Crippen LogP contribution >= 0.6 is 0 Å². The molecule has 0 amide bonds. The van der Waals surface area contributed by atoms with Gasteiger partial charge in [0.2, 0.25) is 0 Å². The fraction of sp³-hybridized carbons (Fsp3) is 0.400. The van der Waals surface area contributed by atoms with Crippen molar-refractivity contribution < 1.29 is 0 Å². The van der Waals surface area contributed by atoms with Crippen LogP contribution in [0.2, 0.25) is 0 Å². The van der Waals surface area contributed by atoms with Crippen LogP contribution in [-0.4, -0.2) is 4.98 Å². The molecule has 0 saturated carbocycles. The molecule has 62 valence electrons. The summed E-state index contributed by atoms with van der Waals surface area (Å²) >= 11 is 0. The molecule has 0 N–H and O–H groups in total. The average Bonchev–Trinajstić information content (AvgIpc) is 2.15. The van der Waals surface area contributed by atoms with Gasteiger partial charge in [-0.2, -0.15) is 5.26 Å². The third kappa shape index (κ3) is 2.35. The van der Waals surface area contributed by atoms with E-state index in [1.807, 2.05) is 12.3 Å². The molecular formula is C10H12N2. The summed E-state index contributed by atoms with van der Waals surface area (Å²) in [4.78, 5) is 4.03. The first-order chi connectivity index (χ1) is 5.84. The Kier molecular flexibility index (Phi) is 3.28. The van der Waals surface area contributed by atoms with Gasteiger partial charge in [-0.05, 0) is 24.0 Å². The Balaban J connectivity index is 2.55. The van der Waals surface area contributed by atoms with Crippen molar-refractivity contribution in [3.63, 3.8) is 0 Å². The summed E-state index contributed by atoms with van der Waals surface area (Å²) in [5, 5.41) is 8.40. The van der Waals surface area contributed by atoms with E-state index in [2.05, 4.69) is 24.0 Å². The lowest BCUT2D eigenvalue weighted by atomic mass is 9.98. The van der Waals surface area contributed by atoms with Crippen molar-refractivity contribution >= 4 is 0 Å². The van der Waals surface area contributed by atoms with Crippen LogP contribution < -0.4 is 0 Å². The minimum Gasteiger partial charge on any atom is -0.264 e. The molecule has 0 aliphatic heterocycles. The van der Waals surface area contributed by atoms with E-state index in [-0.39, 0.29) is 0 Å². The lowest BCUT2D eigenvalue weighted by Gasteiger charge is -2.07. The van der Waals surface area contributed by atoms with Crippen molar-refractivity contribution in [2.45, 2.75) is 25.7 Å². The predicted octanol–water partition coefficient (Wildman–Crippen LogP) is 2.49. The topological polar surface area (TPSA) is 36.7 Å². The van der Waals surface area contributed by atoms with Gasteiger partial charge in [0.05, 0.1) is 6.07 Å². The maximum absolute atomic E-state index is 8.40. The predicted molar refractivity (Wildman–Crippen MR) is 47.5 cm³/mol. The van der Waals surface area contributed by atoms with Crippen molar-refractivity contribution in [2.24, 2.45) is 0 Å². The molecule has 12 heavy (non-hydrogen) atoms. The summed E-state index contributed by atoms with van der Waals surface area (Å²) in [5.41, 5.74) is 1.22. The SMILES string of the molecule is CC(CCC#N)c1cccnc1. The Bertz CT molecular complexity index is 261. The van der Waals surface area contributed by atoms with Gasteiger partial charge in [0.25, 0.3) is 0 Å². The van der Waals surface area contributed by atoms with Gasteiger partial charge in [-0.15, -0.1) is 0 Å². The zero-order valence-corrected chi connectivity index (χ0v) is 7.20. The number of pyridine rings is 1. The first kappa shape index (κ1) is 8.73. The molecule has 0 fully saturated rings. The molecule has 0 aromatic carbocycles. The molecule has 1 aromatic rings. The van der Waals surface area contributed by atoms with Crippen LogP contribution in [0.5, 0.6) is 0 Å². The Hall–Kier alpha value is -1.36. The third-order valence-electron chi connectivity index (χ3n) is 1.94. The molecule has 1 aromatic heterocycles. The van der Waals surface area contributed by atoms with Crippen LogP contribution in [0.25, 0.3) is 0 Å². The van der Waals surface area contributed by atoms with Crippen LogP contribution in [-0.2, 0) is 0 Å². The minimum atomic E-state index is 0.443. The first-order valence-corrected chi connectivity index (χ1v) is 4.11. The maximum atomic E-state index is 8.40. The van der Waals surface area contributed by atoms with Gasteiger partial charge in [-0.25, -0.2) is 0 Å². The summed E-state index contributed by atoms with van der Waals surface area (Å²) in [6.07, 6.45) is 5.17. The molecule has 1 rings (SSSR count). The van der Waals surface area contributed by atoms with E-state index in [1.54, 1.807) is 6.20 Å². The van der Waals surface area contributed by atoms with E-state index in [1.165, 1.54) is 5.56 Å². The molecular weight excluding hydrogens is 148 g/mol. The van der Waals surface area contributed by atoms with Crippen LogP contribution in [0.3, 0.4) is 0 Å². The zero-order chi connectivity index (χ0) is 8.81. The zero-order valence-electron chi connectivity index (χ0n) is 7.20. The summed E-state index contributed by atoms with van der Waals surface area (Å²) in [7, 11) is 0. The summed E-state index contributed by atoms with van der Waals surface area (Å²) < 4.78 is 0. The average molecular weight is 160 g/mol. The van der Waals surface area contributed by atoms with E-state index in [9.17, 15) is 0 Å². The van der Waals surface area contributed by atoms with Crippen LogP contribution in [0.1, 0.15) is 31.2 Å². The largest absolute Gasteiger partial charge is 0.264 e. The van der Waals surface area contributed by atoms with Crippen molar-refractivity contribution in [3.05, 3.63) is 30.1 Å². The highest BCUT2D eigenvalue weighted by Crippen LogP contribution is 2.18. The van der Waals surface area contributed by atoms with Crippen molar-refractivity contribution in [2.75, 3.05) is 0 Å². The maximum Gasteiger partial charge on any atom is 0.0621 e. The fourth-order valence-electron chi connectivity index (χ4n) is 1.12. The van der Waals surface area contributed by atoms with Crippen LogP contribution in [0, 0.1) is 11.3 Å². The van der Waals surface area contributed by atoms with Gasteiger partial charge in [0.1, 0.15) is 0 Å². The molecule has 1 atom stereocenters. The fourth-order valence-corrected chi connectivity index (χ4v) is 1.12. The normalized spacial score (nSPS) is 12.0. The van der Waals surface area contributed by atoms with Gasteiger partial charge in [0, 0.05) is 18.8 Å². The molecule has 0 spiro atoms. The number of nitrogens with zero attached hydrogens (tertiary/aromatic N) is 2. The second-order valence-electron chi connectivity index (χ2n) is 2.88.